The van der Waals surface area contributed by atoms with E-state index in [0.29, 0.717) is 10.8 Å². The molecule has 0 saturated carbocycles. The summed E-state index contributed by atoms with van der Waals surface area (Å²) in [5.74, 6) is 0. The highest BCUT2D eigenvalue weighted by atomic mass is 33.1. The van der Waals surface area contributed by atoms with E-state index in [1.807, 2.05) is 6.92 Å². The van der Waals surface area contributed by atoms with Crippen molar-refractivity contribution in [3.8, 4) is 0 Å². The third kappa shape index (κ3) is 2.64. The smallest absolute Gasteiger partial charge is 0.223 e. The average Bonchev–Trinajstić information content (AvgIpc) is 2.64. The number of aromatic nitrogens is 4. The van der Waals surface area contributed by atoms with Gasteiger partial charge >= 0.3 is 0 Å². The minimum Gasteiger partial charge on any atom is -0.223 e. The number of benzene rings is 1. The second kappa shape index (κ2) is 4.46. The third-order valence-electron chi connectivity index (χ3n) is 2.08. The zero-order valence-corrected chi connectivity index (χ0v) is 10.9. The molecule has 0 spiro atoms. The summed E-state index contributed by atoms with van der Waals surface area (Å²) in [6.45, 7) is 1.90. The van der Waals surface area contributed by atoms with Crippen molar-refractivity contribution < 1.29 is 8.42 Å². The fraction of sp³-hybridized carbons (Fsp3) is 0.222. The van der Waals surface area contributed by atoms with Gasteiger partial charge < -0.3 is 0 Å². The van der Waals surface area contributed by atoms with E-state index in [1.54, 1.807) is 31.3 Å². The minimum absolute atomic E-state index is 0.241. The van der Waals surface area contributed by atoms with Crippen LogP contribution in [-0.4, -0.2) is 28.6 Å². The van der Waals surface area contributed by atoms with Crippen molar-refractivity contribution in [2.75, 3.05) is 0 Å². The van der Waals surface area contributed by atoms with E-state index in [9.17, 15) is 8.42 Å². The third-order valence-corrected chi connectivity index (χ3v) is 5.32. The summed E-state index contributed by atoms with van der Waals surface area (Å²) in [6, 6.07) is 6.65. The standard InChI is InChI=1S/C9H10N4O2S2/c1-7-3-5-8(6-4-7)17(14,15)16-9-10-11-12-13(9)2/h3-6H,1-2H3. The van der Waals surface area contributed by atoms with Crippen LogP contribution in [0.15, 0.2) is 34.3 Å². The molecule has 17 heavy (non-hydrogen) atoms. The molecule has 1 aromatic heterocycles. The Hall–Kier alpha value is -1.41. The molecule has 0 aliphatic rings. The molecule has 0 amide bonds. The SMILES string of the molecule is Cc1ccc(S(=O)(=O)Sc2nnnn2C)cc1. The number of hydrogen-bond acceptors (Lipinski definition) is 6. The second-order valence-corrected chi connectivity index (χ2v) is 7.16. The van der Waals surface area contributed by atoms with E-state index < -0.39 is 8.87 Å². The first kappa shape index (κ1) is 12.1. The lowest BCUT2D eigenvalue weighted by molar-refractivity contribution is 0.609. The van der Waals surface area contributed by atoms with Gasteiger partial charge in [-0.1, -0.05) is 17.7 Å². The number of tetrazole rings is 1. The Morgan fingerprint density at radius 1 is 1.24 bits per heavy atom. The van der Waals surface area contributed by atoms with Crippen LogP contribution in [0.2, 0.25) is 0 Å². The molecule has 0 N–H and O–H groups in total. The van der Waals surface area contributed by atoms with Crippen LogP contribution >= 0.6 is 10.8 Å². The van der Waals surface area contributed by atoms with Gasteiger partial charge in [0.15, 0.2) is 0 Å². The highest BCUT2D eigenvalue weighted by molar-refractivity contribution is 8.72. The Bertz CT molecular complexity index is 619. The lowest BCUT2D eigenvalue weighted by atomic mass is 10.2. The van der Waals surface area contributed by atoms with Crippen molar-refractivity contribution in [3.63, 3.8) is 0 Å². The Balaban J connectivity index is 2.31. The number of hydrogen-bond donors (Lipinski definition) is 0. The number of nitrogens with zero attached hydrogens (tertiary/aromatic N) is 4. The number of rotatable bonds is 3. The molecule has 0 bridgehead atoms. The zero-order chi connectivity index (χ0) is 12.5. The van der Waals surface area contributed by atoms with E-state index in [-0.39, 0.29) is 10.1 Å². The first-order valence-corrected chi connectivity index (χ1v) is 7.54. The molecule has 90 valence electrons. The molecule has 2 aromatic rings. The molecule has 0 unspecified atom stereocenters. The molecule has 6 nitrogen and oxygen atoms in total. The van der Waals surface area contributed by atoms with E-state index >= 15 is 0 Å². The maximum atomic E-state index is 12.0. The minimum atomic E-state index is -3.47. The zero-order valence-electron chi connectivity index (χ0n) is 9.23. The molecule has 1 heterocycles. The van der Waals surface area contributed by atoms with E-state index in [2.05, 4.69) is 15.5 Å². The van der Waals surface area contributed by atoms with E-state index in [1.165, 1.54) is 4.68 Å². The largest absolute Gasteiger partial charge is 0.237 e. The molecular weight excluding hydrogens is 260 g/mol. The highest BCUT2D eigenvalue weighted by Crippen LogP contribution is 2.28. The van der Waals surface area contributed by atoms with Gasteiger partial charge in [-0.05, 0) is 29.5 Å². The first-order chi connectivity index (χ1) is 7.99. The van der Waals surface area contributed by atoms with Crippen molar-refractivity contribution in [1.82, 2.24) is 20.2 Å². The van der Waals surface area contributed by atoms with Crippen LogP contribution < -0.4 is 0 Å². The van der Waals surface area contributed by atoms with Gasteiger partial charge in [0.25, 0.3) is 0 Å². The van der Waals surface area contributed by atoms with Gasteiger partial charge in [-0.3, -0.25) is 0 Å². The summed E-state index contributed by atoms with van der Waals surface area (Å²) in [7, 11) is -1.24. The molecule has 0 atom stereocenters. The summed E-state index contributed by atoms with van der Waals surface area (Å²) < 4.78 is 25.4. The van der Waals surface area contributed by atoms with Crippen molar-refractivity contribution in [1.29, 1.82) is 0 Å². The first-order valence-electron chi connectivity index (χ1n) is 4.72. The lowest BCUT2D eigenvalue weighted by Crippen LogP contribution is -1.99. The normalized spacial score (nSPS) is 11.6. The van der Waals surface area contributed by atoms with Crippen molar-refractivity contribution >= 4 is 19.7 Å². The predicted octanol–water partition coefficient (Wildman–Crippen LogP) is 1.000. The van der Waals surface area contributed by atoms with Crippen LogP contribution in [0, 0.1) is 6.92 Å². The lowest BCUT2D eigenvalue weighted by Gasteiger charge is -2.02. The summed E-state index contributed by atoms with van der Waals surface area (Å²) in [4.78, 5) is 0.246. The fourth-order valence-corrected chi connectivity index (χ4v) is 3.75. The van der Waals surface area contributed by atoms with Crippen LogP contribution in [0.5, 0.6) is 0 Å². The molecular formula is C9H10N4O2S2. The van der Waals surface area contributed by atoms with Crippen molar-refractivity contribution in [3.05, 3.63) is 29.8 Å². The number of aryl methyl sites for hydroxylation is 2. The molecule has 1 aromatic carbocycles. The Labute approximate surface area is 102 Å². The van der Waals surface area contributed by atoms with E-state index in [4.69, 9.17) is 0 Å². The van der Waals surface area contributed by atoms with Gasteiger partial charge in [-0.15, -0.1) is 5.10 Å². The molecule has 0 aliphatic carbocycles. The maximum Gasteiger partial charge on any atom is 0.237 e. The maximum absolute atomic E-state index is 12.0. The molecule has 0 aliphatic heterocycles. The Kier molecular flexibility index (Phi) is 3.16. The van der Waals surface area contributed by atoms with Crippen LogP contribution in [0.1, 0.15) is 5.56 Å². The van der Waals surface area contributed by atoms with Crippen molar-refractivity contribution in [2.45, 2.75) is 17.0 Å². The van der Waals surface area contributed by atoms with Crippen molar-refractivity contribution in [2.24, 2.45) is 7.05 Å². The monoisotopic (exact) mass is 270 g/mol. The van der Waals surface area contributed by atoms with Gasteiger partial charge in [0.2, 0.25) is 14.0 Å². The van der Waals surface area contributed by atoms with Gasteiger partial charge in [0, 0.05) is 7.05 Å². The van der Waals surface area contributed by atoms with Crippen LogP contribution in [0.25, 0.3) is 0 Å². The second-order valence-electron chi connectivity index (χ2n) is 3.44. The quantitative estimate of drug-likeness (QED) is 0.774. The van der Waals surface area contributed by atoms with Gasteiger partial charge in [-0.25, -0.2) is 13.1 Å². The Morgan fingerprint density at radius 2 is 1.88 bits per heavy atom. The van der Waals surface area contributed by atoms with Gasteiger partial charge in [0.1, 0.15) is 0 Å². The molecule has 0 saturated heterocycles. The van der Waals surface area contributed by atoms with Crippen LogP contribution in [-0.2, 0) is 15.9 Å². The van der Waals surface area contributed by atoms with Crippen LogP contribution in [0.4, 0.5) is 0 Å². The highest BCUT2D eigenvalue weighted by Gasteiger charge is 2.19. The van der Waals surface area contributed by atoms with Crippen LogP contribution in [0.3, 0.4) is 0 Å². The molecule has 2 rings (SSSR count). The molecule has 0 radical (unpaired) electrons. The summed E-state index contributed by atoms with van der Waals surface area (Å²) in [5, 5.41) is 10.8. The summed E-state index contributed by atoms with van der Waals surface area (Å²) >= 11 is 0. The van der Waals surface area contributed by atoms with Gasteiger partial charge in [-0.2, -0.15) is 0 Å². The van der Waals surface area contributed by atoms with E-state index in [0.717, 1.165) is 5.56 Å². The topological polar surface area (TPSA) is 77.7 Å². The summed E-state index contributed by atoms with van der Waals surface area (Å²) in [5.41, 5.74) is 1.01. The Morgan fingerprint density at radius 3 is 2.41 bits per heavy atom. The molecule has 8 heteroatoms. The fourth-order valence-electron chi connectivity index (χ4n) is 1.14. The van der Waals surface area contributed by atoms with Gasteiger partial charge in [0.05, 0.1) is 15.7 Å². The molecule has 0 fully saturated rings. The average molecular weight is 270 g/mol. The summed E-state index contributed by atoms with van der Waals surface area (Å²) in [6.07, 6.45) is 0. The predicted molar refractivity (Wildman–Crippen MR) is 63.0 cm³/mol.